The first-order chi connectivity index (χ1) is 13.9. The van der Waals surface area contributed by atoms with Crippen LogP contribution in [-0.2, 0) is 0 Å². The molecule has 0 bridgehead atoms. The smallest absolute Gasteiger partial charge is 0.0655 e. The molecule has 1 heteroatoms. The first-order valence-corrected chi connectivity index (χ1v) is 14.6. The van der Waals surface area contributed by atoms with Crippen LogP contribution in [0.4, 0.5) is 0 Å². The van der Waals surface area contributed by atoms with E-state index in [-0.39, 0.29) is 0 Å². The standard InChI is InChI=1S/C28H36Si/c1-7-13-21-19(3)27(25-17-11-9-15-23(21)25)29(5,6)28-20(4)22(14-8-2)24-16-10-12-18-26(24)28/h9-12,15-19,28H,7-8,13-14H2,1-6H3. The Bertz CT molecular complexity index is 1080. The number of hydrogen-bond donors (Lipinski definition) is 0. The van der Waals surface area contributed by atoms with Crippen LogP contribution in [0.1, 0.15) is 70.0 Å². The molecule has 0 radical (unpaired) electrons. The average molecular weight is 401 g/mol. The van der Waals surface area contributed by atoms with Gasteiger partial charge in [-0.05, 0) is 52.8 Å². The van der Waals surface area contributed by atoms with Crippen molar-refractivity contribution >= 4 is 24.4 Å². The van der Waals surface area contributed by atoms with Gasteiger partial charge in [-0.2, -0.15) is 0 Å². The van der Waals surface area contributed by atoms with E-state index >= 15 is 0 Å². The summed E-state index contributed by atoms with van der Waals surface area (Å²) in [4.78, 5) is 0. The molecule has 2 unspecified atom stereocenters. The van der Waals surface area contributed by atoms with Gasteiger partial charge in [0.05, 0.1) is 8.07 Å². The lowest BCUT2D eigenvalue weighted by atomic mass is 9.99. The summed E-state index contributed by atoms with van der Waals surface area (Å²) in [6.45, 7) is 14.8. The topological polar surface area (TPSA) is 0 Å². The van der Waals surface area contributed by atoms with Gasteiger partial charge in [0.15, 0.2) is 0 Å². The van der Waals surface area contributed by atoms with Crippen LogP contribution >= 0.6 is 0 Å². The van der Waals surface area contributed by atoms with Crippen molar-refractivity contribution in [3.8, 4) is 0 Å². The minimum absolute atomic E-state index is 0.587. The van der Waals surface area contributed by atoms with E-state index in [1.807, 2.05) is 0 Å². The Morgan fingerprint density at radius 3 is 2.14 bits per heavy atom. The van der Waals surface area contributed by atoms with Crippen molar-refractivity contribution in [2.24, 2.45) is 5.92 Å². The second-order valence-electron chi connectivity index (χ2n) is 9.61. The predicted molar refractivity (Wildman–Crippen MR) is 131 cm³/mol. The predicted octanol–water partition coefficient (Wildman–Crippen LogP) is 6.60. The summed E-state index contributed by atoms with van der Waals surface area (Å²) >= 11 is 0. The van der Waals surface area contributed by atoms with E-state index in [0.29, 0.717) is 11.5 Å². The van der Waals surface area contributed by atoms with Crippen LogP contribution < -0.4 is 10.4 Å². The van der Waals surface area contributed by atoms with E-state index in [4.69, 9.17) is 0 Å². The van der Waals surface area contributed by atoms with Gasteiger partial charge in [0.2, 0.25) is 0 Å². The zero-order valence-electron chi connectivity index (χ0n) is 19.1. The molecule has 0 aromatic heterocycles. The number of benzene rings is 2. The van der Waals surface area contributed by atoms with Gasteiger partial charge in [-0.15, -0.1) is 0 Å². The fraction of sp³-hybridized carbons (Fsp3) is 0.429. The normalized spacial score (nSPS) is 21.0. The lowest BCUT2D eigenvalue weighted by Crippen LogP contribution is -2.42. The van der Waals surface area contributed by atoms with Crippen LogP contribution in [0.2, 0.25) is 13.1 Å². The minimum Gasteiger partial charge on any atom is -0.0655 e. The minimum atomic E-state index is -1.77. The first-order valence-electron chi connectivity index (χ1n) is 11.5. The van der Waals surface area contributed by atoms with Crippen molar-refractivity contribution < 1.29 is 0 Å². The summed E-state index contributed by atoms with van der Waals surface area (Å²) in [5, 5.41) is 4.89. The second-order valence-corrected chi connectivity index (χ2v) is 14.2. The average Bonchev–Trinajstić information content (AvgIpc) is 3.15. The van der Waals surface area contributed by atoms with Crippen LogP contribution in [0, 0.1) is 5.92 Å². The molecule has 2 aliphatic carbocycles. The Morgan fingerprint density at radius 1 is 0.828 bits per heavy atom. The van der Waals surface area contributed by atoms with Crippen LogP contribution in [0.15, 0.2) is 54.1 Å². The number of hydrogen-bond acceptors (Lipinski definition) is 0. The molecule has 0 spiro atoms. The highest BCUT2D eigenvalue weighted by Gasteiger charge is 2.45. The Balaban J connectivity index is 1.94. The van der Waals surface area contributed by atoms with Gasteiger partial charge in [-0.1, -0.05) is 112 Å². The molecule has 0 nitrogen and oxygen atoms in total. The fourth-order valence-electron chi connectivity index (χ4n) is 6.48. The zero-order valence-corrected chi connectivity index (χ0v) is 20.1. The summed E-state index contributed by atoms with van der Waals surface area (Å²) in [6.07, 6.45) is 4.89. The lowest BCUT2D eigenvalue weighted by molar-refractivity contribution is 0.873. The highest BCUT2D eigenvalue weighted by Crippen LogP contribution is 2.51. The summed E-state index contributed by atoms with van der Waals surface area (Å²) in [6, 6.07) is 18.5. The van der Waals surface area contributed by atoms with Gasteiger partial charge in [-0.3, -0.25) is 0 Å². The van der Waals surface area contributed by atoms with Gasteiger partial charge in [-0.25, -0.2) is 0 Å². The Morgan fingerprint density at radius 2 is 1.45 bits per heavy atom. The van der Waals surface area contributed by atoms with Crippen LogP contribution in [0.5, 0.6) is 0 Å². The first kappa shape index (κ1) is 20.4. The maximum atomic E-state index is 2.64. The monoisotopic (exact) mass is 400 g/mol. The highest BCUT2D eigenvalue weighted by atomic mass is 28.3. The molecule has 0 amide bonds. The van der Waals surface area contributed by atoms with Crippen molar-refractivity contribution in [3.63, 3.8) is 0 Å². The maximum absolute atomic E-state index is 2.64. The molecule has 2 aliphatic rings. The summed E-state index contributed by atoms with van der Waals surface area (Å²) < 4.78 is 0. The highest BCUT2D eigenvalue weighted by molar-refractivity contribution is 6.95. The Kier molecular flexibility index (Phi) is 5.46. The summed E-state index contributed by atoms with van der Waals surface area (Å²) in [7, 11) is -1.77. The number of fused-ring (bicyclic) bond motifs is 2. The molecule has 0 aliphatic heterocycles. The number of rotatable bonds is 6. The summed E-state index contributed by atoms with van der Waals surface area (Å²) in [5.41, 5.74) is 8.71. The largest absolute Gasteiger partial charge is 0.0888 e. The molecule has 4 rings (SSSR count). The molecular formula is C28H36Si. The molecule has 0 N–H and O–H groups in total. The van der Waals surface area contributed by atoms with Gasteiger partial charge < -0.3 is 0 Å². The van der Waals surface area contributed by atoms with Crippen molar-refractivity contribution in [2.45, 2.75) is 72.0 Å². The summed E-state index contributed by atoms with van der Waals surface area (Å²) in [5.74, 6) is 0.587. The number of allylic oxidation sites excluding steroid dienone is 2. The van der Waals surface area contributed by atoms with Crippen molar-refractivity contribution in [1.29, 1.82) is 0 Å². The quantitative estimate of drug-likeness (QED) is 0.479. The van der Waals surface area contributed by atoms with E-state index < -0.39 is 8.07 Å². The van der Waals surface area contributed by atoms with Gasteiger partial charge in [0.25, 0.3) is 0 Å². The molecule has 0 heterocycles. The van der Waals surface area contributed by atoms with Crippen molar-refractivity contribution in [2.75, 3.05) is 0 Å². The van der Waals surface area contributed by atoms with Crippen LogP contribution in [0.25, 0.3) is 16.3 Å². The molecular weight excluding hydrogens is 364 g/mol. The Labute approximate surface area is 178 Å². The third-order valence-corrected chi connectivity index (χ3v) is 11.7. The molecule has 0 saturated heterocycles. The molecule has 2 aromatic rings. The fourth-order valence-corrected chi connectivity index (χ4v) is 11.3. The third kappa shape index (κ3) is 3.10. The van der Waals surface area contributed by atoms with Gasteiger partial charge in [0.1, 0.15) is 0 Å². The maximum Gasteiger partial charge on any atom is 0.0888 e. The van der Waals surface area contributed by atoms with E-state index in [2.05, 4.69) is 89.3 Å². The second kappa shape index (κ2) is 7.76. The van der Waals surface area contributed by atoms with Crippen LogP contribution in [-0.4, -0.2) is 8.07 Å². The molecule has 2 atom stereocenters. The molecule has 152 valence electrons. The van der Waals surface area contributed by atoms with Crippen molar-refractivity contribution in [1.82, 2.24) is 0 Å². The van der Waals surface area contributed by atoms with Crippen molar-refractivity contribution in [3.05, 3.63) is 75.7 Å². The van der Waals surface area contributed by atoms with Crippen LogP contribution in [0.3, 0.4) is 0 Å². The molecule has 0 fully saturated rings. The SMILES string of the molecule is CCCC1=C(C)C([Si](C)(C)C2=c3ccccc3=C(CCC)C2C)c2ccccc21. The van der Waals surface area contributed by atoms with E-state index in [9.17, 15) is 0 Å². The van der Waals surface area contributed by atoms with Gasteiger partial charge >= 0.3 is 0 Å². The molecule has 0 saturated carbocycles. The van der Waals surface area contributed by atoms with E-state index in [1.165, 1.54) is 31.2 Å². The van der Waals surface area contributed by atoms with E-state index in [1.54, 1.807) is 37.9 Å². The van der Waals surface area contributed by atoms with E-state index in [0.717, 1.165) is 0 Å². The third-order valence-electron chi connectivity index (χ3n) is 7.46. The molecule has 2 aromatic carbocycles. The molecule has 29 heavy (non-hydrogen) atoms. The lowest BCUT2D eigenvalue weighted by Gasteiger charge is -2.36. The van der Waals surface area contributed by atoms with Gasteiger partial charge in [0, 0.05) is 5.54 Å². The zero-order chi connectivity index (χ0) is 20.8. The Hall–Kier alpha value is -1.86.